The minimum Gasteiger partial charge on any atom is -0.478 e. The lowest BCUT2D eigenvalue weighted by Crippen LogP contribution is -2.47. The fourth-order valence-corrected chi connectivity index (χ4v) is 1.14. The van der Waals surface area contributed by atoms with Gasteiger partial charge >= 0.3 is 17.5 Å². The molecule has 6 nitrogen and oxygen atoms in total. The third-order valence-electron chi connectivity index (χ3n) is 1.81. The first-order chi connectivity index (χ1) is 6.53. The maximum atomic E-state index is 11.4. The molecule has 0 fully saturated rings. The SMILES string of the molecule is CCOC(=O)C1(C(=O)O)CC(C)=NO1. The van der Waals surface area contributed by atoms with Crippen molar-refractivity contribution in [2.24, 2.45) is 5.16 Å². The molecule has 0 bridgehead atoms. The maximum absolute atomic E-state index is 11.4. The topological polar surface area (TPSA) is 85.2 Å². The first-order valence-corrected chi connectivity index (χ1v) is 4.15. The van der Waals surface area contributed by atoms with Gasteiger partial charge in [0.25, 0.3) is 0 Å². The molecule has 0 amide bonds. The van der Waals surface area contributed by atoms with Crippen LogP contribution in [0.25, 0.3) is 0 Å². The monoisotopic (exact) mass is 201 g/mol. The maximum Gasteiger partial charge on any atom is 0.365 e. The second-order valence-electron chi connectivity index (χ2n) is 2.95. The number of hydrogen-bond acceptors (Lipinski definition) is 5. The fraction of sp³-hybridized carbons (Fsp3) is 0.625. The van der Waals surface area contributed by atoms with Crippen molar-refractivity contribution in [1.82, 2.24) is 0 Å². The molecule has 1 atom stereocenters. The van der Waals surface area contributed by atoms with Crippen LogP contribution < -0.4 is 0 Å². The van der Waals surface area contributed by atoms with Gasteiger partial charge in [0.1, 0.15) is 0 Å². The zero-order chi connectivity index (χ0) is 10.8. The van der Waals surface area contributed by atoms with E-state index < -0.39 is 17.5 Å². The van der Waals surface area contributed by atoms with Crippen molar-refractivity contribution in [3.8, 4) is 0 Å². The summed E-state index contributed by atoms with van der Waals surface area (Å²) in [6.45, 7) is 3.29. The van der Waals surface area contributed by atoms with Gasteiger partial charge in [-0.3, -0.25) is 0 Å². The molecular weight excluding hydrogens is 190 g/mol. The predicted molar refractivity (Wildman–Crippen MR) is 45.8 cm³/mol. The fourth-order valence-electron chi connectivity index (χ4n) is 1.14. The van der Waals surface area contributed by atoms with Gasteiger partial charge in [0.15, 0.2) is 0 Å². The van der Waals surface area contributed by atoms with E-state index in [1.807, 2.05) is 0 Å². The molecule has 0 aliphatic carbocycles. The number of nitrogens with zero attached hydrogens (tertiary/aromatic N) is 1. The van der Waals surface area contributed by atoms with E-state index in [1.165, 1.54) is 0 Å². The number of aliphatic carboxylic acids is 1. The summed E-state index contributed by atoms with van der Waals surface area (Å²) < 4.78 is 4.62. The molecule has 1 N–H and O–H groups in total. The van der Waals surface area contributed by atoms with E-state index in [0.717, 1.165) is 0 Å². The summed E-state index contributed by atoms with van der Waals surface area (Å²) in [5.41, 5.74) is -1.51. The van der Waals surface area contributed by atoms with Crippen LogP contribution in [0, 0.1) is 0 Å². The highest BCUT2D eigenvalue weighted by atomic mass is 16.7. The first kappa shape index (κ1) is 10.5. The predicted octanol–water partition coefficient (Wildman–Crippen LogP) is 0.169. The second-order valence-corrected chi connectivity index (χ2v) is 2.95. The van der Waals surface area contributed by atoms with Crippen molar-refractivity contribution < 1.29 is 24.3 Å². The Hall–Kier alpha value is -1.59. The van der Waals surface area contributed by atoms with E-state index in [9.17, 15) is 9.59 Å². The molecule has 14 heavy (non-hydrogen) atoms. The van der Waals surface area contributed by atoms with E-state index in [-0.39, 0.29) is 13.0 Å². The summed E-state index contributed by atoms with van der Waals surface area (Å²) in [5.74, 6) is -2.29. The smallest absolute Gasteiger partial charge is 0.365 e. The largest absolute Gasteiger partial charge is 0.478 e. The molecule has 0 aromatic carbocycles. The Bertz CT molecular complexity index is 298. The Kier molecular flexibility index (Phi) is 2.73. The number of oxime groups is 1. The Labute approximate surface area is 80.5 Å². The zero-order valence-corrected chi connectivity index (χ0v) is 7.94. The number of esters is 1. The summed E-state index contributed by atoms with van der Waals surface area (Å²) in [7, 11) is 0. The molecule has 0 radical (unpaired) electrons. The molecule has 1 aliphatic heterocycles. The minimum absolute atomic E-state index is 0.0683. The molecule has 0 aromatic rings. The number of rotatable bonds is 3. The van der Waals surface area contributed by atoms with Gasteiger partial charge in [-0.25, -0.2) is 9.59 Å². The standard InChI is InChI=1S/C8H11NO5/c1-3-13-7(12)8(6(10)11)4-5(2)9-14-8/h3-4H2,1-2H3,(H,10,11). The average molecular weight is 201 g/mol. The highest BCUT2D eigenvalue weighted by Crippen LogP contribution is 2.25. The van der Waals surface area contributed by atoms with E-state index in [2.05, 4.69) is 14.7 Å². The van der Waals surface area contributed by atoms with Crippen LogP contribution in [-0.4, -0.2) is 35.0 Å². The van der Waals surface area contributed by atoms with Crippen molar-refractivity contribution in [3.63, 3.8) is 0 Å². The molecule has 1 rings (SSSR count). The summed E-state index contributed by atoms with van der Waals surface area (Å²) in [6, 6.07) is 0. The lowest BCUT2D eigenvalue weighted by Gasteiger charge is -2.18. The summed E-state index contributed by atoms with van der Waals surface area (Å²) in [5, 5.41) is 12.3. The Morgan fingerprint density at radius 3 is 2.71 bits per heavy atom. The van der Waals surface area contributed by atoms with Gasteiger partial charge in [-0.05, 0) is 13.8 Å². The molecule has 0 saturated carbocycles. The summed E-state index contributed by atoms with van der Waals surface area (Å²) in [4.78, 5) is 26.9. The van der Waals surface area contributed by atoms with Crippen LogP contribution in [0.4, 0.5) is 0 Å². The van der Waals surface area contributed by atoms with Crippen LogP contribution >= 0.6 is 0 Å². The Morgan fingerprint density at radius 2 is 2.36 bits per heavy atom. The van der Waals surface area contributed by atoms with Crippen LogP contribution in [0.1, 0.15) is 20.3 Å². The van der Waals surface area contributed by atoms with Gasteiger partial charge in [-0.15, -0.1) is 0 Å². The number of carboxylic acids is 1. The number of carboxylic acid groups (broad SMARTS) is 1. The molecule has 6 heteroatoms. The van der Waals surface area contributed by atoms with E-state index in [0.29, 0.717) is 5.71 Å². The van der Waals surface area contributed by atoms with Crippen LogP contribution in [0.2, 0.25) is 0 Å². The van der Waals surface area contributed by atoms with Crippen molar-refractivity contribution in [2.75, 3.05) is 6.61 Å². The van der Waals surface area contributed by atoms with Gasteiger partial charge in [-0.2, -0.15) is 0 Å². The molecular formula is C8H11NO5. The number of carbonyl (C=O) groups is 2. The molecule has 0 spiro atoms. The van der Waals surface area contributed by atoms with Gasteiger partial charge in [0.05, 0.1) is 18.7 Å². The first-order valence-electron chi connectivity index (χ1n) is 4.15. The third kappa shape index (κ3) is 1.55. The lowest BCUT2D eigenvalue weighted by atomic mass is 9.98. The molecule has 1 aliphatic rings. The second kappa shape index (κ2) is 3.65. The van der Waals surface area contributed by atoms with Crippen molar-refractivity contribution in [3.05, 3.63) is 0 Å². The van der Waals surface area contributed by atoms with Crippen molar-refractivity contribution in [1.29, 1.82) is 0 Å². The Balaban J connectivity index is 2.86. The number of ether oxygens (including phenoxy) is 1. The molecule has 1 heterocycles. The van der Waals surface area contributed by atoms with Crippen LogP contribution in [-0.2, 0) is 19.2 Å². The van der Waals surface area contributed by atoms with Gasteiger partial charge in [0.2, 0.25) is 0 Å². The summed E-state index contributed by atoms with van der Waals surface area (Å²) in [6.07, 6.45) is -0.0683. The van der Waals surface area contributed by atoms with E-state index in [1.54, 1.807) is 13.8 Å². The van der Waals surface area contributed by atoms with Crippen LogP contribution in [0.5, 0.6) is 0 Å². The normalized spacial score (nSPS) is 25.1. The molecule has 0 aromatic heterocycles. The highest BCUT2D eigenvalue weighted by molar-refractivity contribution is 6.08. The third-order valence-corrected chi connectivity index (χ3v) is 1.81. The zero-order valence-electron chi connectivity index (χ0n) is 7.94. The highest BCUT2D eigenvalue weighted by Gasteiger charge is 2.54. The van der Waals surface area contributed by atoms with E-state index in [4.69, 9.17) is 5.11 Å². The van der Waals surface area contributed by atoms with Gasteiger partial charge in [0, 0.05) is 0 Å². The van der Waals surface area contributed by atoms with Crippen LogP contribution in [0.15, 0.2) is 5.16 Å². The Morgan fingerprint density at radius 1 is 1.71 bits per heavy atom. The average Bonchev–Trinajstić information content (AvgIpc) is 2.49. The minimum atomic E-state index is -1.97. The quantitative estimate of drug-likeness (QED) is 0.519. The molecule has 0 saturated heterocycles. The van der Waals surface area contributed by atoms with Crippen molar-refractivity contribution in [2.45, 2.75) is 25.9 Å². The van der Waals surface area contributed by atoms with Crippen molar-refractivity contribution >= 4 is 17.7 Å². The van der Waals surface area contributed by atoms with Crippen LogP contribution in [0.3, 0.4) is 0 Å². The number of hydrogen-bond donors (Lipinski definition) is 1. The molecule has 78 valence electrons. The number of carbonyl (C=O) groups excluding carboxylic acids is 1. The van der Waals surface area contributed by atoms with E-state index >= 15 is 0 Å². The van der Waals surface area contributed by atoms with Gasteiger partial charge < -0.3 is 14.7 Å². The summed E-state index contributed by atoms with van der Waals surface area (Å²) >= 11 is 0. The van der Waals surface area contributed by atoms with Gasteiger partial charge in [-0.1, -0.05) is 5.16 Å². The molecule has 1 unspecified atom stereocenters. The lowest BCUT2D eigenvalue weighted by molar-refractivity contribution is -0.183.